The summed E-state index contributed by atoms with van der Waals surface area (Å²) in [4.78, 5) is 23.8. The number of rotatable bonds is 5. The molecule has 0 aliphatic rings. The van der Waals surface area contributed by atoms with Crippen molar-refractivity contribution in [1.82, 2.24) is 10.6 Å². The van der Waals surface area contributed by atoms with E-state index in [2.05, 4.69) is 16.0 Å². The highest BCUT2D eigenvalue weighted by Crippen LogP contribution is 2.16. The number of nitrogens with one attached hydrogen (secondary N) is 3. The third-order valence-corrected chi connectivity index (χ3v) is 3.82. The molecule has 0 radical (unpaired) electrons. The van der Waals surface area contributed by atoms with Gasteiger partial charge in [0.05, 0.1) is 0 Å². The molecular weight excluding hydrogens is 370 g/mol. The number of benzene rings is 2. The molecule has 3 N–H and O–H groups in total. The van der Waals surface area contributed by atoms with Crippen LogP contribution in [0.2, 0.25) is 5.02 Å². The number of anilines is 1. The summed E-state index contributed by atoms with van der Waals surface area (Å²) in [7, 11) is 0. The second kappa shape index (κ2) is 9.70. The summed E-state index contributed by atoms with van der Waals surface area (Å²) >= 11 is 11.2. The van der Waals surface area contributed by atoms with Crippen LogP contribution in [0.15, 0.2) is 54.6 Å². The molecule has 0 saturated heterocycles. The highest BCUT2D eigenvalue weighted by atomic mass is 35.5. The van der Waals surface area contributed by atoms with Crippen molar-refractivity contribution in [1.29, 1.82) is 0 Å². The van der Waals surface area contributed by atoms with Gasteiger partial charge in [0.1, 0.15) is 0 Å². The summed E-state index contributed by atoms with van der Waals surface area (Å²) in [5, 5.41) is 8.83. The van der Waals surface area contributed by atoms with Gasteiger partial charge in [-0.15, -0.1) is 0 Å². The Morgan fingerprint density at radius 3 is 2.65 bits per heavy atom. The smallest absolute Gasteiger partial charge is 0.251 e. The normalized spacial score (nSPS) is 10.4. The second-order valence-corrected chi connectivity index (χ2v) is 6.05. The predicted molar refractivity (Wildman–Crippen MR) is 109 cm³/mol. The number of thiocarbonyl (C=S) groups is 1. The number of hydrogen-bond acceptors (Lipinski definition) is 3. The Hall–Kier alpha value is -2.70. The van der Waals surface area contributed by atoms with Crippen LogP contribution < -0.4 is 16.0 Å². The molecule has 0 aliphatic carbocycles. The van der Waals surface area contributed by atoms with E-state index in [4.69, 9.17) is 23.8 Å². The quantitative estimate of drug-likeness (QED) is 0.541. The zero-order valence-electron chi connectivity index (χ0n) is 14.1. The molecule has 0 heterocycles. The molecule has 134 valence electrons. The van der Waals surface area contributed by atoms with Gasteiger partial charge in [0.15, 0.2) is 5.11 Å². The lowest BCUT2D eigenvalue weighted by molar-refractivity contribution is -0.115. The molecule has 7 heteroatoms. The van der Waals surface area contributed by atoms with Gasteiger partial charge in [0.25, 0.3) is 5.91 Å². The minimum Gasteiger partial charge on any atom is -0.352 e. The molecular formula is C19H18ClN3O2S. The number of carbonyl (C=O) groups is 2. The van der Waals surface area contributed by atoms with Crippen molar-refractivity contribution in [3.8, 4) is 0 Å². The SMILES string of the molecule is CCNC(=O)c1cccc(NC(=S)NC(=O)/C=C/c2ccccc2Cl)c1. The first-order valence-electron chi connectivity index (χ1n) is 7.92. The van der Waals surface area contributed by atoms with Gasteiger partial charge in [-0.1, -0.05) is 35.9 Å². The van der Waals surface area contributed by atoms with Crippen molar-refractivity contribution in [3.63, 3.8) is 0 Å². The van der Waals surface area contributed by atoms with Crippen LogP contribution in [0.4, 0.5) is 5.69 Å². The van der Waals surface area contributed by atoms with E-state index in [9.17, 15) is 9.59 Å². The molecule has 2 aromatic carbocycles. The van der Waals surface area contributed by atoms with E-state index in [1.165, 1.54) is 6.08 Å². The number of carbonyl (C=O) groups excluding carboxylic acids is 2. The largest absolute Gasteiger partial charge is 0.352 e. The third kappa shape index (κ3) is 5.98. The van der Waals surface area contributed by atoms with Crippen molar-refractivity contribution in [2.24, 2.45) is 0 Å². The van der Waals surface area contributed by atoms with Gasteiger partial charge in [-0.3, -0.25) is 14.9 Å². The van der Waals surface area contributed by atoms with Crippen molar-refractivity contribution in [2.75, 3.05) is 11.9 Å². The first-order chi connectivity index (χ1) is 12.5. The third-order valence-electron chi connectivity index (χ3n) is 3.28. The molecule has 0 unspecified atom stereocenters. The number of hydrogen-bond donors (Lipinski definition) is 3. The van der Waals surface area contributed by atoms with Crippen LogP contribution in [-0.4, -0.2) is 23.5 Å². The summed E-state index contributed by atoms with van der Waals surface area (Å²) in [5.74, 6) is -0.559. The molecule has 0 bridgehead atoms. The van der Waals surface area contributed by atoms with Crippen molar-refractivity contribution in [3.05, 3.63) is 70.8 Å². The fraction of sp³-hybridized carbons (Fsp3) is 0.105. The zero-order valence-corrected chi connectivity index (χ0v) is 15.7. The molecule has 0 atom stereocenters. The summed E-state index contributed by atoms with van der Waals surface area (Å²) in [5.41, 5.74) is 1.84. The zero-order chi connectivity index (χ0) is 18.9. The van der Waals surface area contributed by atoms with Crippen LogP contribution in [0.1, 0.15) is 22.8 Å². The molecule has 2 aromatic rings. The van der Waals surface area contributed by atoms with Crippen molar-refractivity contribution in [2.45, 2.75) is 6.92 Å². The van der Waals surface area contributed by atoms with Crippen LogP contribution in [-0.2, 0) is 4.79 Å². The van der Waals surface area contributed by atoms with Gasteiger partial charge in [-0.25, -0.2) is 0 Å². The van der Waals surface area contributed by atoms with Gasteiger partial charge in [-0.05, 0) is 55.0 Å². The summed E-state index contributed by atoms with van der Waals surface area (Å²) in [6, 6.07) is 14.0. The molecule has 0 aliphatic heterocycles. The van der Waals surface area contributed by atoms with E-state index in [0.29, 0.717) is 22.8 Å². The maximum Gasteiger partial charge on any atom is 0.251 e. The molecule has 2 amide bonds. The monoisotopic (exact) mass is 387 g/mol. The van der Waals surface area contributed by atoms with E-state index >= 15 is 0 Å². The van der Waals surface area contributed by atoms with Crippen molar-refractivity contribution < 1.29 is 9.59 Å². The number of halogens is 1. The van der Waals surface area contributed by atoms with Crippen molar-refractivity contribution >= 4 is 52.5 Å². The first-order valence-corrected chi connectivity index (χ1v) is 8.71. The maximum absolute atomic E-state index is 12.0. The Bertz CT molecular complexity index is 852. The minimum atomic E-state index is -0.387. The van der Waals surface area contributed by atoms with Crippen LogP contribution >= 0.6 is 23.8 Å². The predicted octanol–water partition coefficient (Wildman–Crippen LogP) is 3.62. The lowest BCUT2D eigenvalue weighted by atomic mass is 10.2. The Labute approximate surface area is 162 Å². The standard InChI is InChI=1S/C19H18ClN3O2S/c1-2-21-18(25)14-7-5-8-15(12-14)22-19(26)23-17(24)11-10-13-6-3-4-9-16(13)20/h3-12H,2H2,1H3,(H,21,25)(H2,22,23,24,26)/b11-10+. The average molecular weight is 388 g/mol. The minimum absolute atomic E-state index is 0.131. The molecule has 0 saturated carbocycles. The van der Waals surface area contributed by atoms with E-state index in [1.807, 2.05) is 19.1 Å². The maximum atomic E-state index is 12.0. The van der Waals surface area contributed by atoms with E-state index in [-0.39, 0.29) is 16.9 Å². The van der Waals surface area contributed by atoms with Crippen LogP contribution in [0.25, 0.3) is 6.08 Å². The molecule has 2 rings (SSSR count). The highest BCUT2D eigenvalue weighted by Gasteiger charge is 2.06. The Morgan fingerprint density at radius 2 is 1.92 bits per heavy atom. The summed E-state index contributed by atoms with van der Waals surface area (Å²) in [6.07, 6.45) is 2.95. The van der Waals surface area contributed by atoms with Gasteiger partial charge >= 0.3 is 0 Å². The lowest BCUT2D eigenvalue weighted by Crippen LogP contribution is -2.33. The van der Waals surface area contributed by atoms with Gasteiger partial charge in [-0.2, -0.15) is 0 Å². The molecule has 26 heavy (non-hydrogen) atoms. The first kappa shape index (κ1) is 19.6. The van der Waals surface area contributed by atoms with Gasteiger partial charge in [0.2, 0.25) is 5.91 Å². The topological polar surface area (TPSA) is 70.2 Å². The van der Waals surface area contributed by atoms with Gasteiger partial charge < -0.3 is 10.6 Å². The Morgan fingerprint density at radius 1 is 1.15 bits per heavy atom. The lowest BCUT2D eigenvalue weighted by Gasteiger charge is -2.09. The molecule has 0 fully saturated rings. The highest BCUT2D eigenvalue weighted by molar-refractivity contribution is 7.80. The van der Waals surface area contributed by atoms with Crippen LogP contribution in [0.5, 0.6) is 0 Å². The Balaban J connectivity index is 1.94. The molecule has 5 nitrogen and oxygen atoms in total. The fourth-order valence-corrected chi connectivity index (χ4v) is 2.51. The average Bonchev–Trinajstić information content (AvgIpc) is 2.61. The number of amides is 2. The van der Waals surface area contributed by atoms with Crippen LogP contribution in [0, 0.1) is 0 Å². The van der Waals surface area contributed by atoms with Crippen LogP contribution in [0.3, 0.4) is 0 Å². The molecule has 0 spiro atoms. The summed E-state index contributed by atoms with van der Waals surface area (Å²) in [6.45, 7) is 2.39. The second-order valence-electron chi connectivity index (χ2n) is 5.24. The van der Waals surface area contributed by atoms with E-state index in [0.717, 1.165) is 5.56 Å². The Kier molecular flexibility index (Phi) is 7.32. The summed E-state index contributed by atoms with van der Waals surface area (Å²) < 4.78 is 0. The van der Waals surface area contributed by atoms with E-state index in [1.54, 1.807) is 42.5 Å². The van der Waals surface area contributed by atoms with E-state index < -0.39 is 0 Å². The fourth-order valence-electron chi connectivity index (χ4n) is 2.09. The van der Waals surface area contributed by atoms with Gasteiger partial charge in [0, 0.05) is 28.9 Å². The molecule has 0 aromatic heterocycles.